The van der Waals surface area contributed by atoms with Gasteiger partial charge in [-0.2, -0.15) is 0 Å². The third-order valence-corrected chi connectivity index (χ3v) is 10.2. The Morgan fingerprint density at radius 2 is 1.68 bits per heavy atom. The molecule has 3 heteroatoms. The zero-order valence-corrected chi connectivity index (χ0v) is 18.8. The molecule has 4 rings (SSSR count). The van der Waals surface area contributed by atoms with Crippen LogP contribution in [0, 0.1) is 40.4 Å². The quantitative estimate of drug-likeness (QED) is 0.653. The molecule has 1 N–H and O–H groups in total. The number of hydrogen-bond acceptors (Lipinski definition) is 3. The highest BCUT2D eigenvalue weighted by molar-refractivity contribution is 5.11. The highest BCUT2D eigenvalue weighted by Gasteiger charge is 2.62. The summed E-state index contributed by atoms with van der Waals surface area (Å²) < 4.78 is 11.3. The molecule has 3 nitrogen and oxygen atoms in total. The molecule has 162 valence electrons. The number of fused-ring (bicyclic) bond motifs is 5. The van der Waals surface area contributed by atoms with E-state index in [2.05, 4.69) is 13.8 Å². The molecule has 0 aromatic heterocycles. The number of methoxy groups -OCH3 is 2. The topological polar surface area (TPSA) is 38.7 Å². The second-order valence-corrected chi connectivity index (χ2v) is 11.3. The van der Waals surface area contributed by atoms with E-state index in [-0.39, 0.29) is 0 Å². The van der Waals surface area contributed by atoms with E-state index >= 15 is 0 Å². The lowest BCUT2D eigenvalue weighted by atomic mass is 9.43. The maximum atomic E-state index is 11.1. The normalized spacial score (nSPS) is 50.7. The fourth-order valence-corrected chi connectivity index (χ4v) is 9.01. The minimum Gasteiger partial charge on any atom is -0.387 e. The van der Waals surface area contributed by atoms with Gasteiger partial charge >= 0.3 is 0 Å². The lowest BCUT2D eigenvalue weighted by Crippen LogP contribution is -2.59. The number of ether oxygens (including phenoxy) is 2. The summed E-state index contributed by atoms with van der Waals surface area (Å²) >= 11 is 0. The molecule has 4 aliphatic rings. The highest BCUT2D eigenvalue weighted by atomic mass is 16.5. The van der Waals surface area contributed by atoms with E-state index in [0.717, 1.165) is 49.5 Å². The summed E-state index contributed by atoms with van der Waals surface area (Å²) in [5.41, 5.74) is 0.262. The Morgan fingerprint density at radius 1 is 0.893 bits per heavy atom. The predicted octanol–water partition coefficient (Wildman–Crippen LogP) is 5.45. The molecule has 4 saturated carbocycles. The zero-order valence-electron chi connectivity index (χ0n) is 18.8. The van der Waals surface area contributed by atoms with Crippen LogP contribution in [0.2, 0.25) is 0 Å². The molecule has 0 amide bonds. The first-order valence-electron chi connectivity index (χ1n) is 12.1. The fraction of sp³-hybridized carbons (Fsp3) is 1.00. The van der Waals surface area contributed by atoms with Gasteiger partial charge in [-0.05, 0) is 98.2 Å². The predicted molar refractivity (Wildman–Crippen MR) is 113 cm³/mol. The molecule has 4 aliphatic carbocycles. The molecule has 0 aliphatic heterocycles. The second kappa shape index (κ2) is 7.85. The van der Waals surface area contributed by atoms with Gasteiger partial charge in [-0.25, -0.2) is 0 Å². The van der Waals surface area contributed by atoms with Gasteiger partial charge in [0.2, 0.25) is 0 Å². The van der Waals surface area contributed by atoms with Crippen molar-refractivity contribution < 1.29 is 14.6 Å². The van der Waals surface area contributed by atoms with Crippen molar-refractivity contribution in [3.05, 3.63) is 0 Å². The van der Waals surface area contributed by atoms with Gasteiger partial charge in [0.05, 0.1) is 18.8 Å². The van der Waals surface area contributed by atoms with Crippen LogP contribution < -0.4 is 0 Å². The van der Waals surface area contributed by atoms with Crippen LogP contribution in [0.3, 0.4) is 0 Å². The first kappa shape index (κ1) is 21.1. The molecule has 0 bridgehead atoms. The third kappa shape index (κ3) is 3.19. The smallest absolute Gasteiger partial charge is 0.0883 e. The van der Waals surface area contributed by atoms with E-state index < -0.39 is 5.60 Å². The lowest BCUT2D eigenvalue weighted by molar-refractivity contribution is -0.186. The Labute approximate surface area is 172 Å². The van der Waals surface area contributed by atoms with Crippen molar-refractivity contribution in [1.82, 2.24) is 0 Å². The molecule has 0 aromatic rings. The summed E-state index contributed by atoms with van der Waals surface area (Å²) in [6, 6.07) is 0. The first-order chi connectivity index (χ1) is 13.4. The van der Waals surface area contributed by atoms with Gasteiger partial charge in [0.15, 0.2) is 0 Å². The van der Waals surface area contributed by atoms with Crippen molar-refractivity contribution in [2.24, 2.45) is 40.4 Å². The van der Waals surface area contributed by atoms with Crippen LogP contribution in [-0.4, -0.2) is 38.1 Å². The second-order valence-electron chi connectivity index (χ2n) is 11.3. The van der Waals surface area contributed by atoms with Crippen LogP contribution in [0.5, 0.6) is 0 Å². The third-order valence-electron chi connectivity index (χ3n) is 10.2. The van der Waals surface area contributed by atoms with Crippen LogP contribution >= 0.6 is 0 Å². The van der Waals surface area contributed by atoms with E-state index in [9.17, 15) is 5.11 Å². The van der Waals surface area contributed by atoms with Crippen molar-refractivity contribution in [2.75, 3.05) is 27.4 Å². The molecule has 8 atom stereocenters. The Morgan fingerprint density at radius 3 is 2.39 bits per heavy atom. The molecular formula is C25H44O3. The van der Waals surface area contributed by atoms with Crippen LogP contribution in [-0.2, 0) is 9.47 Å². The number of rotatable bonds is 6. The molecule has 0 radical (unpaired) electrons. The van der Waals surface area contributed by atoms with Crippen LogP contribution in [0.4, 0.5) is 0 Å². The maximum Gasteiger partial charge on any atom is 0.0883 e. The van der Waals surface area contributed by atoms with Crippen LogP contribution in [0.1, 0.15) is 84.5 Å². The van der Waals surface area contributed by atoms with Gasteiger partial charge < -0.3 is 14.6 Å². The molecule has 0 spiro atoms. The summed E-state index contributed by atoms with van der Waals surface area (Å²) in [5, 5.41) is 11.1. The molecule has 0 unspecified atom stereocenters. The first-order valence-corrected chi connectivity index (χ1v) is 12.1. The van der Waals surface area contributed by atoms with Crippen molar-refractivity contribution in [3.63, 3.8) is 0 Å². The van der Waals surface area contributed by atoms with Gasteiger partial charge in [0.25, 0.3) is 0 Å². The average Bonchev–Trinajstić information content (AvgIpc) is 2.99. The maximum absolute atomic E-state index is 11.1. The minimum atomic E-state index is -0.619. The summed E-state index contributed by atoms with van der Waals surface area (Å²) in [6.07, 6.45) is 14.1. The van der Waals surface area contributed by atoms with Crippen molar-refractivity contribution >= 4 is 0 Å². The van der Waals surface area contributed by atoms with Crippen molar-refractivity contribution in [3.8, 4) is 0 Å². The largest absolute Gasteiger partial charge is 0.387 e. The number of aliphatic hydroxyl groups is 1. The summed E-state index contributed by atoms with van der Waals surface area (Å²) in [6.45, 7) is 6.39. The Hall–Kier alpha value is -0.120. The lowest BCUT2D eigenvalue weighted by Gasteiger charge is -2.63. The van der Waals surface area contributed by atoms with Gasteiger partial charge in [-0.3, -0.25) is 0 Å². The summed E-state index contributed by atoms with van der Waals surface area (Å²) in [4.78, 5) is 0. The minimum absolute atomic E-state index is 0.293. The van der Waals surface area contributed by atoms with Gasteiger partial charge in [0, 0.05) is 14.2 Å². The summed E-state index contributed by atoms with van der Waals surface area (Å²) in [5.74, 6) is 4.17. The summed E-state index contributed by atoms with van der Waals surface area (Å²) in [7, 11) is 3.62. The Balaban J connectivity index is 1.59. The van der Waals surface area contributed by atoms with Gasteiger partial charge in [-0.1, -0.05) is 26.7 Å². The molecule has 0 heterocycles. The van der Waals surface area contributed by atoms with E-state index in [0.29, 0.717) is 23.4 Å². The van der Waals surface area contributed by atoms with E-state index in [1.807, 2.05) is 7.11 Å². The molecule has 28 heavy (non-hydrogen) atoms. The van der Waals surface area contributed by atoms with Crippen LogP contribution in [0.15, 0.2) is 0 Å². The average molecular weight is 393 g/mol. The molecule has 0 aromatic carbocycles. The van der Waals surface area contributed by atoms with E-state index in [1.165, 1.54) is 51.4 Å². The van der Waals surface area contributed by atoms with Gasteiger partial charge in [-0.15, -0.1) is 0 Å². The molecular weight excluding hydrogens is 348 g/mol. The van der Waals surface area contributed by atoms with Gasteiger partial charge in [0.1, 0.15) is 0 Å². The van der Waals surface area contributed by atoms with E-state index in [4.69, 9.17) is 9.47 Å². The number of hydrogen-bond donors (Lipinski definition) is 1. The zero-order chi connectivity index (χ0) is 20.0. The monoisotopic (exact) mass is 392 g/mol. The fourth-order valence-electron chi connectivity index (χ4n) is 9.01. The Kier molecular flexibility index (Phi) is 5.92. The SMILES string of the molecule is CCC[C@H]1CC[C@H]2[C@@H]3CC[C@H]4C[C@@](O)(COC)CC[C@]4(COC)[C@H]3CC[C@]12C. The van der Waals surface area contributed by atoms with E-state index in [1.54, 1.807) is 7.11 Å². The Bertz CT molecular complexity index is 550. The standard InChI is InChI=1S/C25H44O3/c1-5-6-18-8-10-21-20-9-7-19-15-24(26,16-27-3)13-14-25(19,17-28-4)22(20)11-12-23(18,21)2/h18-22,26H,5-17H2,1-4H3/t18-,19-,20-,21-,22-,23+,24+,25+/m0/s1. The van der Waals surface area contributed by atoms with Crippen LogP contribution in [0.25, 0.3) is 0 Å². The molecule has 0 saturated heterocycles. The van der Waals surface area contributed by atoms with Crippen molar-refractivity contribution in [1.29, 1.82) is 0 Å². The highest BCUT2D eigenvalue weighted by Crippen LogP contribution is 2.68. The molecule has 4 fully saturated rings. The van der Waals surface area contributed by atoms with Crippen molar-refractivity contribution in [2.45, 2.75) is 90.1 Å².